The summed E-state index contributed by atoms with van der Waals surface area (Å²) in [6.07, 6.45) is 0. The summed E-state index contributed by atoms with van der Waals surface area (Å²) in [6, 6.07) is 7.17. The van der Waals surface area contributed by atoms with Gasteiger partial charge in [0.15, 0.2) is 0 Å². The predicted molar refractivity (Wildman–Crippen MR) is 81.2 cm³/mol. The third-order valence-electron chi connectivity index (χ3n) is 4.42. The zero-order valence-electron chi connectivity index (χ0n) is 11.9. The zero-order valence-corrected chi connectivity index (χ0v) is 11.9. The molecule has 20 heavy (non-hydrogen) atoms. The van der Waals surface area contributed by atoms with Crippen molar-refractivity contribution in [2.24, 2.45) is 0 Å². The van der Waals surface area contributed by atoms with E-state index in [2.05, 4.69) is 45.3 Å². The average Bonchev–Trinajstić information content (AvgIpc) is 2.87. The molecule has 3 heterocycles. The summed E-state index contributed by atoms with van der Waals surface area (Å²) in [6.45, 7) is 8.45. The van der Waals surface area contributed by atoms with Crippen LogP contribution in [0.15, 0.2) is 18.2 Å². The molecule has 2 aliphatic heterocycles. The van der Waals surface area contributed by atoms with Gasteiger partial charge in [-0.15, -0.1) is 0 Å². The van der Waals surface area contributed by atoms with Crippen LogP contribution < -0.4 is 15.5 Å². The Balaban J connectivity index is 1.76. The fourth-order valence-electron chi connectivity index (χ4n) is 3.29. The van der Waals surface area contributed by atoms with Crippen LogP contribution in [0.3, 0.4) is 0 Å². The van der Waals surface area contributed by atoms with E-state index in [1.54, 1.807) is 0 Å². The van der Waals surface area contributed by atoms with Crippen molar-refractivity contribution in [2.45, 2.75) is 19.5 Å². The van der Waals surface area contributed by atoms with Crippen LogP contribution >= 0.6 is 0 Å². The minimum Gasteiger partial charge on any atom is -0.369 e. The lowest BCUT2D eigenvalue weighted by Crippen LogP contribution is -2.43. The highest BCUT2D eigenvalue weighted by Gasteiger charge is 2.20. The first-order valence-corrected chi connectivity index (χ1v) is 7.50. The number of nitrogens with zero attached hydrogens (tertiary/aromatic N) is 3. The van der Waals surface area contributed by atoms with E-state index in [0.29, 0.717) is 6.04 Å². The summed E-state index contributed by atoms with van der Waals surface area (Å²) in [7, 11) is 0. The number of piperazine rings is 1. The smallest absolute Gasteiger partial charge is 0.0947 e. The molecule has 2 aromatic rings. The second-order valence-corrected chi connectivity index (χ2v) is 5.81. The lowest BCUT2D eigenvalue weighted by atomic mass is 10.1. The van der Waals surface area contributed by atoms with E-state index in [1.165, 1.54) is 16.8 Å². The molecule has 5 nitrogen and oxygen atoms in total. The summed E-state index contributed by atoms with van der Waals surface area (Å²) in [5.41, 5.74) is 3.76. The minimum atomic E-state index is 0.439. The van der Waals surface area contributed by atoms with E-state index in [0.717, 1.165) is 44.8 Å². The molecule has 0 saturated carbocycles. The van der Waals surface area contributed by atoms with Crippen LogP contribution in [0.2, 0.25) is 0 Å². The van der Waals surface area contributed by atoms with Gasteiger partial charge in [0, 0.05) is 50.3 Å². The second-order valence-electron chi connectivity index (χ2n) is 5.81. The molecule has 1 aromatic carbocycles. The van der Waals surface area contributed by atoms with Crippen LogP contribution in [0, 0.1) is 0 Å². The van der Waals surface area contributed by atoms with Crippen LogP contribution in [-0.4, -0.2) is 42.5 Å². The molecule has 0 radical (unpaired) electrons. The van der Waals surface area contributed by atoms with E-state index in [4.69, 9.17) is 5.10 Å². The van der Waals surface area contributed by atoms with Crippen molar-refractivity contribution in [1.29, 1.82) is 0 Å². The van der Waals surface area contributed by atoms with Gasteiger partial charge < -0.3 is 15.5 Å². The zero-order chi connectivity index (χ0) is 13.5. The molecular weight excluding hydrogens is 250 g/mol. The van der Waals surface area contributed by atoms with Crippen molar-refractivity contribution >= 4 is 16.6 Å². The first-order chi connectivity index (χ1) is 9.83. The molecule has 1 atom stereocenters. The maximum atomic E-state index is 4.82. The van der Waals surface area contributed by atoms with Gasteiger partial charge >= 0.3 is 0 Å². The number of hydrogen-bond acceptors (Lipinski definition) is 4. The summed E-state index contributed by atoms with van der Waals surface area (Å²) < 4.78 is 2.20. The van der Waals surface area contributed by atoms with E-state index in [9.17, 15) is 0 Å². The number of aromatic nitrogens is 2. The normalized spacial score (nSPS) is 23.1. The highest BCUT2D eigenvalue weighted by Crippen LogP contribution is 2.27. The number of rotatable bonds is 1. The first-order valence-electron chi connectivity index (χ1n) is 7.50. The Bertz CT molecular complexity index is 626. The lowest BCUT2D eigenvalue weighted by molar-refractivity contribution is 0.395. The molecular formula is C15H21N5. The first kappa shape index (κ1) is 12.2. The van der Waals surface area contributed by atoms with Crippen molar-refractivity contribution in [3.63, 3.8) is 0 Å². The molecule has 5 heteroatoms. The topological polar surface area (TPSA) is 45.1 Å². The fraction of sp³-hybridized carbons (Fsp3) is 0.533. The standard InChI is InChI=1S/C15H21N5/c1-11-9-17-10-15-13-3-2-12(8-14(13)18-20(11)15)19-6-4-16-5-7-19/h2-3,8,11,16-17H,4-7,9-10H2,1H3. The van der Waals surface area contributed by atoms with Gasteiger partial charge in [-0.1, -0.05) is 0 Å². The van der Waals surface area contributed by atoms with Crippen LogP contribution in [0.4, 0.5) is 5.69 Å². The Kier molecular flexibility index (Phi) is 2.89. The maximum Gasteiger partial charge on any atom is 0.0947 e. The van der Waals surface area contributed by atoms with E-state index in [-0.39, 0.29) is 0 Å². The van der Waals surface area contributed by atoms with Crippen molar-refractivity contribution in [3.05, 3.63) is 23.9 Å². The molecule has 1 aromatic heterocycles. The van der Waals surface area contributed by atoms with Gasteiger partial charge in [-0.2, -0.15) is 5.10 Å². The molecule has 106 valence electrons. The molecule has 1 fully saturated rings. The Morgan fingerprint density at radius 2 is 2.05 bits per heavy atom. The Labute approximate surface area is 118 Å². The average molecular weight is 271 g/mol. The summed E-state index contributed by atoms with van der Waals surface area (Å²) >= 11 is 0. The van der Waals surface area contributed by atoms with Gasteiger partial charge in [-0.3, -0.25) is 4.68 Å². The lowest BCUT2D eigenvalue weighted by Gasteiger charge is -2.29. The van der Waals surface area contributed by atoms with Crippen molar-refractivity contribution in [1.82, 2.24) is 20.4 Å². The Morgan fingerprint density at radius 1 is 1.20 bits per heavy atom. The SMILES string of the molecule is CC1CNCc2c3ccc(N4CCNCC4)cc3nn21. The van der Waals surface area contributed by atoms with Crippen LogP contribution in [0.5, 0.6) is 0 Å². The monoisotopic (exact) mass is 271 g/mol. The highest BCUT2D eigenvalue weighted by atomic mass is 15.3. The van der Waals surface area contributed by atoms with E-state index < -0.39 is 0 Å². The molecule has 0 spiro atoms. The molecule has 0 amide bonds. The van der Waals surface area contributed by atoms with Crippen LogP contribution in [0.1, 0.15) is 18.7 Å². The number of fused-ring (bicyclic) bond motifs is 3. The molecule has 4 rings (SSSR count). The Hall–Kier alpha value is -1.59. The van der Waals surface area contributed by atoms with Crippen LogP contribution in [0.25, 0.3) is 10.9 Å². The summed E-state index contributed by atoms with van der Waals surface area (Å²) in [5, 5.41) is 13.0. The maximum absolute atomic E-state index is 4.82. The highest BCUT2D eigenvalue weighted by molar-refractivity contribution is 5.85. The van der Waals surface area contributed by atoms with E-state index >= 15 is 0 Å². The van der Waals surface area contributed by atoms with Gasteiger partial charge in [-0.05, 0) is 25.1 Å². The van der Waals surface area contributed by atoms with E-state index in [1.807, 2.05) is 0 Å². The van der Waals surface area contributed by atoms with Crippen LogP contribution in [-0.2, 0) is 6.54 Å². The second kappa shape index (κ2) is 4.75. The Morgan fingerprint density at radius 3 is 2.90 bits per heavy atom. The third kappa shape index (κ3) is 1.89. The van der Waals surface area contributed by atoms with Crippen molar-refractivity contribution in [2.75, 3.05) is 37.6 Å². The van der Waals surface area contributed by atoms with Crippen molar-refractivity contribution in [3.8, 4) is 0 Å². The van der Waals surface area contributed by atoms with Gasteiger partial charge in [-0.25, -0.2) is 0 Å². The summed E-state index contributed by atoms with van der Waals surface area (Å²) in [4.78, 5) is 2.44. The van der Waals surface area contributed by atoms with Gasteiger partial charge in [0.1, 0.15) is 0 Å². The minimum absolute atomic E-state index is 0.439. The quantitative estimate of drug-likeness (QED) is 0.815. The van der Waals surface area contributed by atoms with Gasteiger partial charge in [0.05, 0.1) is 17.3 Å². The number of anilines is 1. The molecule has 1 saturated heterocycles. The number of nitrogens with one attached hydrogen (secondary N) is 2. The number of benzene rings is 1. The van der Waals surface area contributed by atoms with Crippen molar-refractivity contribution < 1.29 is 0 Å². The molecule has 2 aliphatic rings. The molecule has 2 N–H and O–H groups in total. The molecule has 0 bridgehead atoms. The fourth-order valence-corrected chi connectivity index (χ4v) is 3.29. The molecule has 1 unspecified atom stereocenters. The van der Waals surface area contributed by atoms with Gasteiger partial charge in [0.2, 0.25) is 0 Å². The third-order valence-corrected chi connectivity index (χ3v) is 4.42. The molecule has 0 aliphatic carbocycles. The number of hydrogen-bond donors (Lipinski definition) is 2. The largest absolute Gasteiger partial charge is 0.369 e. The predicted octanol–water partition coefficient (Wildman–Crippen LogP) is 1.11. The van der Waals surface area contributed by atoms with Gasteiger partial charge in [0.25, 0.3) is 0 Å². The summed E-state index contributed by atoms with van der Waals surface area (Å²) in [5.74, 6) is 0.